The molecule has 2 aromatic rings. The Balaban J connectivity index is 1.83. The van der Waals surface area contributed by atoms with Gasteiger partial charge in [0.25, 0.3) is 0 Å². The SMILES string of the molecule is CC1CCc2c(nc(-c3ccccc3O)nc2N2CCCC(C)C2)C1. The van der Waals surface area contributed by atoms with E-state index in [9.17, 15) is 5.11 Å². The molecule has 0 spiro atoms. The summed E-state index contributed by atoms with van der Waals surface area (Å²) < 4.78 is 0. The van der Waals surface area contributed by atoms with Gasteiger partial charge in [-0.2, -0.15) is 0 Å². The first-order valence-electron chi connectivity index (χ1n) is 9.55. The van der Waals surface area contributed by atoms with Crippen molar-refractivity contribution < 1.29 is 5.11 Å². The number of hydrogen-bond donors (Lipinski definition) is 1. The normalized spacial score (nSPS) is 23.4. The molecular weight excluding hydrogens is 310 g/mol. The third-order valence-electron chi connectivity index (χ3n) is 5.60. The fourth-order valence-corrected chi connectivity index (χ4v) is 4.19. The number of phenols is 1. The molecule has 2 atom stereocenters. The van der Waals surface area contributed by atoms with E-state index in [1.54, 1.807) is 6.07 Å². The fourth-order valence-electron chi connectivity index (χ4n) is 4.19. The lowest BCUT2D eigenvalue weighted by Crippen LogP contribution is -2.36. The van der Waals surface area contributed by atoms with E-state index in [0.29, 0.717) is 17.7 Å². The number of para-hydroxylation sites is 1. The molecule has 1 aromatic carbocycles. The lowest BCUT2D eigenvalue weighted by Gasteiger charge is -2.35. The maximum atomic E-state index is 10.3. The molecule has 4 rings (SSSR count). The van der Waals surface area contributed by atoms with Gasteiger partial charge in [-0.05, 0) is 56.1 Å². The minimum atomic E-state index is 0.254. The number of nitrogens with zero attached hydrogens (tertiary/aromatic N) is 3. The summed E-state index contributed by atoms with van der Waals surface area (Å²) >= 11 is 0. The number of rotatable bonds is 2. The van der Waals surface area contributed by atoms with Crippen LogP contribution in [0.2, 0.25) is 0 Å². The smallest absolute Gasteiger partial charge is 0.165 e. The second-order valence-corrected chi connectivity index (χ2v) is 7.85. The molecule has 1 aromatic heterocycles. The standard InChI is InChI=1S/C21H27N3O/c1-14-9-10-16-18(12-14)22-20(17-7-3-4-8-19(17)25)23-21(16)24-11-5-6-15(2)13-24/h3-4,7-8,14-15,25H,5-6,9-13H2,1-2H3. The van der Waals surface area contributed by atoms with Gasteiger partial charge in [0, 0.05) is 18.7 Å². The summed E-state index contributed by atoms with van der Waals surface area (Å²) in [7, 11) is 0. The monoisotopic (exact) mass is 337 g/mol. The Morgan fingerprint density at radius 1 is 1.08 bits per heavy atom. The Morgan fingerprint density at radius 3 is 2.72 bits per heavy atom. The molecule has 1 N–H and O–H groups in total. The largest absolute Gasteiger partial charge is 0.507 e. The average Bonchev–Trinajstić information content (AvgIpc) is 2.61. The van der Waals surface area contributed by atoms with Crippen molar-refractivity contribution in [3.8, 4) is 17.1 Å². The summed E-state index contributed by atoms with van der Waals surface area (Å²) in [6.07, 6.45) is 5.81. The predicted molar refractivity (Wildman–Crippen MR) is 101 cm³/mol. The highest BCUT2D eigenvalue weighted by atomic mass is 16.3. The van der Waals surface area contributed by atoms with Gasteiger partial charge in [-0.15, -0.1) is 0 Å². The number of aromatic hydroxyl groups is 1. The van der Waals surface area contributed by atoms with Crippen molar-refractivity contribution in [1.82, 2.24) is 9.97 Å². The van der Waals surface area contributed by atoms with E-state index in [-0.39, 0.29) is 5.75 Å². The lowest BCUT2D eigenvalue weighted by atomic mass is 9.87. The highest BCUT2D eigenvalue weighted by Crippen LogP contribution is 2.36. The third-order valence-corrected chi connectivity index (χ3v) is 5.60. The summed E-state index contributed by atoms with van der Waals surface area (Å²) in [6.45, 7) is 6.77. The van der Waals surface area contributed by atoms with E-state index >= 15 is 0 Å². The molecule has 2 heterocycles. The molecule has 1 aliphatic heterocycles. The molecule has 2 unspecified atom stereocenters. The second kappa shape index (κ2) is 6.66. The van der Waals surface area contributed by atoms with Crippen LogP contribution in [0.15, 0.2) is 24.3 Å². The molecule has 1 saturated heterocycles. The topological polar surface area (TPSA) is 49.3 Å². The van der Waals surface area contributed by atoms with E-state index in [1.165, 1.54) is 30.5 Å². The minimum absolute atomic E-state index is 0.254. The van der Waals surface area contributed by atoms with Gasteiger partial charge >= 0.3 is 0 Å². The van der Waals surface area contributed by atoms with Crippen LogP contribution < -0.4 is 4.90 Å². The molecule has 0 radical (unpaired) electrons. The lowest BCUT2D eigenvalue weighted by molar-refractivity contribution is 0.439. The fraction of sp³-hybridized carbons (Fsp3) is 0.524. The van der Waals surface area contributed by atoms with E-state index in [1.807, 2.05) is 18.2 Å². The molecule has 4 heteroatoms. The average molecular weight is 337 g/mol. The molecular formula is C21H27N3O. The second-order valence-electron chi connectivity index (χ2n) is 7.85. The number of piperidine rings is 1. The Bertz CT molecular complexity index is 774. The van der Waals surface area contributed by atoms with Gasteiger partial charge in [-0.3, -0.25) is 0 Å². The zero-order valence-electron chi connectivity index (χ0n) is 15.2. The molecule has 4 nitrogen and oxygen atoms in total. The molecule has 2 aliphatic rings. The van der Waals surface area contributed by atoms with Crippen LogP contribution in [0, 0.1) is 11.8 Å². The first-order valence-corrected chi connectivity index (χ1v) is 9.55. The predicted octanol–water partition coefficient (Wildman–Crippen LogP) is 4.21. The number of hydrogen-bond acceptors (Lipinski definition) is 4. The summed E-state index contributed by atoms with van der Waals surface area (Å²) in [5.74, 6) is 3.40. The van der Waals surface area contributed by atoms with Crippen molar-refractivity contribution in [1.29, 1.82) is 0 Å². The molecule has 0 bridgehead atoms. The van der Waals surface area contributed by atoms with Crippen molar-refractivity contribution in [3.63, 3.8) is 0 Å². The summed E-state index contributed by atoms with van der Waals surface area (Å²) in [5.41, 5.74) is 3.25. The molecule has 132 valence electrons. The highest BCUT2D eigenvalue weighted by Gasteiger charge is 2.27. The number of phenolic OH excluding ortho intramolecular Hbond substituents is 1. The van der Waals surface area contributed by atoms with Crippen LogP contribution >= 0.6 is 0 Å². The molecule has 1 aliphatic carbocycles. The zero-order chi connectivity index (χ0) is 17.4. The number of benzene rings is 1. The molecule has 0 saturated carbocycles. The van der Waals surface area contributed by atoms with Gasteiger partial charge in [0.1, 0.15) is 11.6 Å². The number of anilines is 1. The summed E-state index contributed by atoms with van der Waals surface area (Å²) in [4.78, 5) is 12.3. The first kappa shape index (κ1) is 16.4. The van der Waals surface area contributed by atoms with Crippen LogP contribution in [-0.2, 0) is 12.8 Å². The van der Waals surface area contributed by atoms with Crippen LogP contribution in [0.25, 0.3) is 11.4 Å². The zero-order valence-corrected chi connectivity index (χ0v) is 15.2. The van der Waals surface area contributed by atoms with E-state index in [2.05, 4.69) is 18.7 Å². The van der Waals surface area contributed by atoms with Gasteiger partial charge in [0.15, 0.2) is 5.82 Å². The van der Waals surface area contributed by atoms with Gasteiger partial charge in [-0.1, -0.05) is 26.0 Å². The van der Waals surface area contributed by atoms with Crippen molar-refractivity contribution in [2.75, 3.05) is 18.0 Å². The maximum Gasteiger partial charge on any atom is 0.165 e. The van der Waals surface area contributed by atoms with Crippen LogP contribution in [0.5, 0.6) is 5.75 Å². The van der Waals surface area contributed by atoms with Gasteiger partial charge in [0.2, 0.25) is 0 Å². The molecule has 1 fully saturated rings. The molecule has 25 heavy (non-hydrogen) atoms. The van der Waals surface area contributed by atoms with Gasteiger partial charge < -0.3 is 10.0 Å². The van der Waals surface area contributed by atoms with Crippen LogP contribution in [0.3, 0.4) is 0 Å². The van der Waals surface area contributed by atoms with Crippen molar-refractivity contribution in [2.45, 2.75) is 46.0 Å². The summed E-state index contributed by atoms with van der Waals surface area (Å²) in [5, 5.41) is 10.3. The van der Waals surface area contributed by atoms with E-state index in [4.69, 9.17) is 9.97 Å². The minimum Gasteiger partial charge on any atom is -0.507 e. The van der Waals surface area contributed by atoms with Gasteiger partial charge in [0.05, 0.1) is 11.3 Å². The van der Waals surface area contributed by atoms with Crippen molar-refractivity contribution in [3.05, 3.63) is 35.5 Å². The van der Waals surface area contributed by atoms with E-state index < -0.39 is 0 Å². The Morgan fingerprint density at radius 2 is 1.92 bits per heavy atom. The Kier molecular flexibility index (Phi) is 4.36. The Hall–Kier alpha value is -2.10. The quantitative estimate of drug-likeness (QED) is 0.892. The van der Waals surface area contributed by atoms with Crippen LogP contribution in [0.4, 0.5) is 5.82 Å². The summed E-state index contributed by atoms with van der Waals surface area (Å²) in [6, 6.07) is 7.39. The van der Waals surface area contributed by atoms with Gasteiger partial charge in [-0.25, -0.2) is 9.97 Å². The number of aromatic nitrogens is 2. The number of fused-ring (bicyclic) bond motifs is 1. The first-order chi connectivity index (χ1) is 12.1. The van der Waals surface area contributed by atoms with Crippen molar-refractivity contribution >= 4 is 5.82 Å². The van der Waals surface area contributed by atoms with E-state index in [0.717, 1.165) is 37.3 Å². The molecule has 0 amide bonds. The van der Waals surface area contributed by atoms with Crippen molar-refractivity contribution in [2.24, 2.45) is 11.8 Å². The van der Waals surface area contributed by atoms with Crippen LogP contribution in [0.1, 0.15) is 44.4 Å². The third kappa shape index (κ3) is 3.22. The Labute approximate surface area is 149 Å². The maximum absolute atomic E-state index is 10.3. The van der Waals surface area contributed by atoms with Crippen LogP contribution in [-0.4, -0.2) is 28.2 Å². The highest BCUT2D eigenvalue weighted by molar-refractivity contribution is 5.66.